The maximum Gasteiger partial charge on any atom is 0.423 e. The number of rotatable bonds is 12. The monoisotopic (exact) mass is 643 g/mol. The maximum absolute atomic E-state index is 14.3. The van der Waals surface area contributed by atoms with Gasteiger partial charge in [-0.1, -0.05) is 12.1 Å². The van der Waals surface area contributed by atoms with Gasteiger partial charge in [-0.25, -0.2) is 14.6 Å². The zero-order valence-corrected chi connectivity index (χ0v) is 25.9. The van der Waals surface area contributed by atoms with Gasteiger partial charge in [-0.2, -0.15) is 18.3 Å². The van der Waals surface area contributed by atoms with Gasteiger partial charge in [0.15, 0.2) is 0 Å². The van der Waals surface area contributed by atoms with Crippen LogP contribution in [-0.2, 0) is 17.5 Å². The normalized spacial score (nSPS) is 19.9. The summed E-state index contributed by atoms with van der Waals surface area (Å²) in [7, 11) is 1.52. The highest BCUT2D eigenvalue weighted by atomic mass is 19.4. The number of halogens is 3. The fourth-order valence-electron chi connectivity index (χ4n) is 6.24. The number of benzene rings is 1. The summed E-state index contributed by atoms with van der Waals surface area (Å²) >= 11 is 0. The Kier molecular flexibility index (Phi) is 9.76. The molecule has 1 saturated carbocycles. The average Bonchev–Trinajstić information content (AvgIpc) is 3.81. The molecular weight excluding hydrogens is 603 g/mol. The second-order valence-electron chi connectivity index (χ2n) is 12.2. The van der Waals surface area contributed by atoms with Gasteiger partial charge in [-0.3, -0.25) is 9.69 Å². The molecule has 14 heteroatoms. The number of methoxy groups -OCH3 is 1. The number of hydrogen-bond acceptors (Lipinski definition) is 10. The lowest BCUT2D eigenvalue weighted by atomic mass is 10.1. The molecule has 1 aromatic carbocycles. The van der Waals surface area contributed by atoms with Gasteiger partial charge in [0.1, 0.15) is 17.5 Å². The summed E-state index contributed by atoms with van der Waals surface area (Å²) in [4.78, 5) is 27.9. The van der Waals surface area contributed by atoms with Crippen LogP contribution in [0.4, 0.5) is 24.8 Å². The zero-order chi connectivity index (χ0) is 32.3. The van der Waals surface area contributed by atoms with Crippen molar-refractivity contribution in [3.05, 3.63) is 69.9 Å². The van der Waals surface area contributed by atoms with Crippen LogP contribution in [0.25, 0.3) is 0 Å². The van der Waals surface area contributed by atoms with Crippen LogP contribution >= 0.6 is 0 Å². The van der Waals surface area contributed by atoms with Gasteiger partial charge in [-0.05, 0) is 54.9 Å². The number of aromatic nitrogens is 4. The van der Waals surface area contributed by atoms with Crippen LogP contribution in [0.5, 0.6) is 5.75 Å². The van der Waals surface area contributed by atoms with E-state index in [0.29, 0.717) is 75.2 Å². The van der Waals surface area contributed by atoms with E-state index in [2.05, 4.69) is 20.0 Å². The summed E-state index contributed by atoms with van der Waals surface area (Å²) in [5.41, 5.74) is -0.804. The number of ether oxygens (including phenoxy) is 2. The Hall–Kier alpha value is -3.75. The molecule has 0 bridgehead atoms. The van der Waals surface area contributed by atoms with E-state index in [1.165, 1.54) is 25.5 Å². The molecule has 2 aromatic heterocycles. The smallest absolute Gasteiger partial charge is 0.423 e. The number of hydrogen-bond donors (Lipinski definition) is 1. The van der Waals surface area contributed by atoms with Crippen LogP contribution < -0.4 is 20.1 Å². The molecular formula is C32H40F3N7O4. The Morgan fingerprint density at radius 1 is 1.00 bits per heavy atom. The molecule has 2 saturated heterocycles. The van der Waals surface area contributed by atoms with E-state index < -0.39 is 23.5 Å². The quantitative estimate of drug-likeness (QED) is 0.295. The molecule has 4 heterocycles. The first kappa shape index (κ1) is 32.2. The summed E-state index contributed by atoms with van der Waals surface area (Å²) in [5.74, 6) is 1.93. The van der Waals surface area contributed by atoms with Crippen LogP contribution in [-0.4, -0.2) is 95.1 Å². The van der Waals surface area contributed by atoms with E-state index in [4.69, 9.17) is 9.47 Å². The molecule has 0 radical (unpaired) electrons. The number of piperazine rings is 1. The van der Waals surface area contributed by atoms with Crippen molar-refractivity contribution in [3.63, 3.8) is 0 Å². The maximum atomic E-state index is 14.3. The topological polar surface area (TPSA) is 109 Å². The minimum absolute atomic E-state index is 0.0998. The van der Waals surface area contributed by atoms with Crippen LogP contribution in [0.2, 0.25) is 0 Å². The van der Waals surface area contributed by atoms with Crippen LogP contribution in [0.1, 0.15) is 54.7 Å². The number of aliphatic hydroxyl groups excluding tert-OH is 1. The van der Waals surface area contributed by atoms with Crippen molar-refractivity contribution in [2.45, 2.75) is 63.0 Å². The number of alkyl halides is 3. The lowest BCUT2D eigenvalue weighted by molar-refractivity contribution is -0.138. The Bertz CT molecular complexity index is 1510. The van der Waals surface area contributed by atoms with Crippen molar-refractivity contribution in [2.24, 2.45) is 0 Å². The van der Waals surface area contributed by atoms with Gasteiger partial charge in [0.05, 0.1) is 44.8 Å². The minimum Gasteiger partial charge on any atom is -0.497 e. The SMILES string of the molecule is COc1ccc(Cn2ncc(N3CCCC3COCCC(O)N3CCN(c4ncc(C5CC5)cn4)CC3)c(C(F)(F)F)c2=O)cc1. The van der Waals surface area contributed by atoms with E-state index >= 15 is 0 Å². The fraction of sp³-hybridized carbons (Fsp3) is 0.562. The third-order valence-corrected chi connectivity index (χ3v) is 9.04. The summed E-state index contributed by atoms with van der Waals surface area (Å²) in [6.07, 6.45) is 3.51. The lowest BCUT2D eigenvalue weighted by Gasteiger charge is -2.37. The molecule has 1 aliphatic carbocycles. The van der Waals surface area contributed by atoms with Crippen LogP contribution in [0.15, 0.2) is 47.7 Å². The van der Waals surface area contributed by atoms with Gasteiger partial charge >= 0.3 is 6.18 Å². The first-order chi connectivity index (χ1) is 22.2. The molecule has 1 N–H and O–H groups in total. The molecule has 2 aliphatic heterocycles. The van der Waals surface area contributed by atoms with Crippen molar-refractivity contribution < 1.29 is 27.8 Å². The highest BCUT2D eigenvalue weighted by Gasteiger charge is 2.41. The molecule has 3 fully saturated rings. The molecule has 46 heavy (non-hydrogen) atoms. The zero-order valence-electron chi connectivity index (χ0n) is 25.9. The summed E-state index contributed by atoms with van der Waals surface area (Å²) in [6.45, 7) is 3.41. The largest absolute Gasteiger partial charge is 0.497 e. The summed E-state index contributed by atoms with van der Waals surface area (Å²) in [5, 5.41) is 14.9. The standard InChI is InChI=1S/C32H40F3N7O4/c1-45-26-8-4-22(5-9-26)20-42-30(44)29(32(33,34)35)27(19-38-42)41-11-2-3-25(41)21-46-16-10-28(43)39-12-14-40(15-13-39)31-36-17-24(18-37-31)23-6-7-23/h4-5,8-9,17-19,23,25,28,43H,2-3,6-7,10-16,20-21H2,1H3. The minimum atomic E-state index is -4.86. The van der Waals surface area contributed by atoms with Gasteiger partial charge in [0, 0.05) is 51.5 Å². The predicted octanol–water partition coefficient (Wildman–Crippen LogP) is 3.50. The lowest BCUT2D eigenvalue weighted by Crippen LogP contribution is -2.51. The predicted molar refractivity (Wildman–Crippen MR) is 165 cm³/mol. The molecule has 0 spiro atoms. The first-order valence-corrected chi connectivity index (χ1v) is 15.8. The third kappa shape index (κ3) is 7.45. The van der Waals surface area contributed by atoms with Crippen molar-refractivity contribution in [1.82, 2.24) is 24.6 Å². The van der Waals surface area contributed by atoms with Crippen molar-refractivity contribution in [1.29, 1.82) is 0 Å². The van der Waals surface area contributed by atoms with Gasteiger partial charge in [0.2, 0.25) is 5.95 Å². The average molecular weight is 644 g/mol. The fourth-order valence-corrected chi connectivity index (χ4v) is 6.24. The number of aliphatic hydroxyl groups is 1. The van der Waals surface area contributed by atoms with Crippen LogP contribution in [0, 0.1) is 0 Å². The number of nitrogens with zero attached hydrogens (tertiary/aromatic N) is 7. The van der Waals surface area contributed by atoms with Gasteiger partial charge < -0.3 is 24.4 Å². The molecule has 0 amide bonds. The van der Waals surface area contributed by atoms with E-state index in [9.17, 15) is 23.1 Å². The second-order valence-corrected chi connectivity index (χ2v) is 12.2. The van der Waals surface area contributed by atoms with E-state index in [1.54, 1.807) is 29.2 Å². The Balaban J connectivity index is 1.01. The molecule has 248 valence electrons. The Morgan fingerprint density at radius 2 is 1.72 bits per heavy atom. The van der Waals surface area contributed by atoms with Gasteiger partial charge in [0.25, 0.3) is 5.56 Å². The Morgan fingerprint density at radius 3 is 2.37 bits per heavy atom. The highest BCUT2D eigenvalue weighted by Crippen LogP contribution is 2.39. The highest BCUT2D eigenvalue weighted by molar-refractivity contribution is 5.54. The van der Waals surface area contributed by atoms with Crippen molar-refractivity contribution in [2.75, 3.05) is 62.8 Å². The first-order valence-electron chi connectivity index (χ1n) is 15.8. The number of anilines is 2. The molecule has 3 aliphatic rings. The molecule has 2 atom stereocenters. The summed E-state index contributed by atoms with van der Waals surface area (Å²) < 4.78 is 54.7. The third-order valence-electron chi connectivity index (χ3n) is 9.04. The van der Waals surface area contributed by atoms with E-state index in [1.807, 2.05) is 17.3 Å². The van der Waals surface area contributed by atoms with Crippen molar-refractivity contribution in [3.8, 4) is 5.75 Å². The van der Waals surface area contributed by atoms with Crippen molar-refractivity contribution >= 4 is 11.6 Å². The van der Waals surface area contributed by atoms with E-state index in [-0.39, 0.29) is 31.5 Å². The second kappa shape index (κ2) is 13.9. The van der Waals surface area contributed by atoms with Crippen LogP contribution in [0.3, 0.4) is 0 Å². The molecule has 6 rings (SSSR count). The molecule has 2 unspecified atom stereocenters. The van der Waals surface area contributed by atoms with Gasteiger partial charge in [-0.15, -0.1) is 0 Å². The Labute approximate surface area is 265 Å². The van der Waals surface area contributed by atoms with E-state index in [0.717, 1.165) is 10.9 Å². The molecule has 11 nitrogen and oxygen atoms in total. The molecule has 3 aromatic rings. The summed E-state index contributed by atoms with van der Waals surface area (Å²) in [6, 6.07) is 6.38.